The van der Waals surface area contributed by atoms with Crippen molar-refractivity contribution in [2.24, 2.45) is 0 Å². The van der Waals surface area contributed by atoms with Crippen molar-refractivity contribution < 1.29 is 24.5 Å². The van der Waals surface area contributed by atoms with Gasteiger partial charge in [-0.25, -0.2) is 9.59 Å². The summed E-state index contributed by atoms with van der Waals surface area (Å²) in [6, 6.07) is 17.4. The molecule has 0 saturated heterocycles. The summed E-state index contributed by atoms with van der Waals surface area (Å²) in [5.74, 6) is -1.53. The van der Waals surface area contributed by atoms with E-state index < -0.39 is 18.1 Å². The van der Waals surface area contributed by atoms with Gasteiger partial charge >= 0.3 is 12.1 Å². The second-order valence-electron chi connectivity index (χ2n) is 7.46. The molecule has 8 heteroatoms. The zero-order chi connectivity index (χ0) is 22.8. The average molecular weight is 517 g/mol. The number of carboxylic acids is 1. The van der Waals surface area contributed by atoms with E-state index >= 15 is 0 Å². The number of aromatic hydroxyl groups is 1. The molecule has 6 nitrogen and oxygen atoms in total. The quantitative estimate of drug-likeness (QED) is 0.411. The molecule has 1 unspecified atom stereocenters. The number of rotatable bonds is 6. The number of fused-ring (bicyclic) bond motifs is 3. The minimum Gasteiger partial charge on any atom is -0.508 e. The van der Waals surface area contributed by atoms with E-state index in [-0.39, 0.29) is 24.7 Å². The first-order valence-corrected chi connectivity index (χ1v) is 11.0. The second kappa shape index (κ2) is 9.22. The Labute approximate surface area is 197 Å². The number of phenols is 1. The number of phenolic OH excluding ortho intramolecular Hbond substituents is 1. The van der Waals surface area contributed by atoms with Crippen molar-refractivity contribution in [1.29, 1.82) is 0 Å². The number of carboxylic acid groups (broad SMARTS) is 1. The summed E-state index contributed by atoms with van der Waals surface area (Å²) < 4.78 is 5.94. The van der Waals surface area contributed by atoms with E-state index in [4.69, 9.17) is 16.3 Å². The Hall–Kier alpha value is -3.03. The monoisotopic (exact) mass is 515 g/mol. The molecule has 0 aliphatic heterocycles. The number of halogens is 2. The summed E-state index contributed by atoms with van der Waals surface area (Å²) in [4.78, 5) is 24.1. The van der Waals surface area contributed by atoms with Gasteiger partial charge in [-0.2, -0.15) is 0 Å². The van der Waals surface area contributed by atoms with Gasteiger partial charge in [0.1, 0.15) is 18.4 Å². The van der Waals surface area contributed by atoms with Gasteiger partial charge in [-0.3, -0.25) is 0 Å². The number of aliphatic carboxylic acids is 1. The molecule has 3 aromatic carbocycles. The smallest absolute Gasteiger partial charge is 0.407 e. The Balaban J connectivity index is 1.45. The summed E-state index contributed by atoms with van der Waals surface area (Å²) in [7, 11) is 0. The molecular formula is C24H19BrClNO5. The second-order valence-corrected chi connectivity index (χ2v) is 8.72. The fourth-order valence-electron chi connectivity index (χ4n) is 3.94. The van der Waals surface area contributed by atoms with Crippen molar-refractivity contribution in [1.82, 2.24) is 5.32 Å². The maximum atomic E-state index is 12.4. The van der Waals surface area contributed by atoms with Crippen LogP contribution in [-0.2, 0) is 16.0 Å². The minimum absolute atomic E-state index is 0.0734. The maximum Gasteiger partial charge on any atom is 0.407 e. The Morgan fingerprint density at radius 2 is 1.66 bits per heavy atom. The highest BCUT2D eigenvalue weighted by atomic mass is 79.9. The lowest BCUT2D eigenvalue weighted by Crippen LogP contribution is -2.42. The predicted octanol–water partition coefficient (Wildman–Crippen LogP) is 5.34. The van der Waals surface area contributed by atoms with E-state index in [0.29, 0.717) is 15.1 Å². The normalized spacial score (nSPS) is 13.2. The van der Waals surface area contributed by atoms with Crippen LogP contribution in [-0.4, -0.2) is 34.9 Å². The van der Waals surface area contributed by atoms with E-state index in [1.165, 1.54) is 12.1 Å². The number of carbonyl (C=O) groups excluding carboxylic acids is 1. The molecule has 32 heavy (non-hydrogen) atoms. The molecule has 164 valence electrons. The fourth-order valence-corrected chi connectivity index (χ4v) is 4.49. The third kappa shape index (κ3) is 4.45. The van der Waals surface area contributed by atoms with Crippen LogP contribution in [0.2, 0.25) is 5.02 Å². The van der Waals surface area contributed by atoms with Crippen molar-refractivity contribution in [3.05, 3.63) is 86.8 Å². The summed E-state index contributed by atoms with van der Waals surface area (Å²) in [5, 5.41) is 22.3. The number of hydrogen-bond acceptors (Lipinski definition) is 4. The standard InChI is InChI=1S/C24H19BrClNO5/c25-19-9-13(22(28)11-20(19)26)10-21(23(29)30)27-24(31)32-12-18-16-7-3-1-5-14(16)15-6-2-4-8-17(15)18/h1-9,11,18,21,28H,10,12H2,(H,27,31)(H,29,30). The zero-order valence-corrected chi connectivity index (χ0v) is 19.1. The Kier molecular flexibility index (Phi) is 6.39. The minimum atomic E-state index is -1.29. The molecule has 0 spiro atoms. The molecular weight excluding hydrogens is 498 g/mol. The number of alkyl carbamates (subject to hydrolysis) is 1. The van der Waals surface area contributed by atoms with Crippen LogP contribution >= 0.6 is 27.5 Å². The molecule has 1 amide bonds. The van der Waals surface area contributed by atoms with Crippen molar-refractivity contribution >= 4 is 39.6 Å². The van der Waals surface area contributed by atoms with Gasteiger partial charge in [0.05, 0.1) is 5.02 Å². The van der Waals surface area contributed by atoms with Crippen LogP contribution in [0.5, 0.6) is 5.75 Å². The van der Waals surface area contributed by atoms with Gasteiger partial charge in [-0.15, -0.1) is 0 Å². The molecule has 1 atom stereocenters. The Morgan fingerprint density at radius 1 is 1.06 bits per heavy atom. The average Bonchev–Trinajstić information content (AvgIpc) is 3.09. The van der Waals surface area contributed by atoms with Crippen molar-refractivity contribution in [2.45, 2.75) is 18.4 Å². The largest absolute Gasteiger partial charge is 0.508 e. The van der Waals surface area contributed by atoms with E-state index in [1.54, 1.807) is 0 Å². The molecule has 0 radical (unpaired) electrons. The molecule has 0 bridgehead atoms. The fraction of sp³-hybridized carbons (Fsp3) is 0.167. The molecule has 0 heterocycles. The van der Waals surface area contributed by atoms with Gasteiger partial charge in [0.15, 0.2) is 0 Å². The van der Waals surface area contributed by atoms with Gasteiger partial charge in [-0.05, 0) is 55.9 Å². The van der Waals surface area contributed by atoms with Crippen LogP contribution in [0.4, 0.5) is 4.79 Å². The molecule has 1 aliphatic rings. The van der Waals surface area contributed by atoms with Crippen molar-refractivity contribution in [2.75, 3.05) is 6.61 Å². The van der Waals surface area contributed by atoms with Crippen LogP contribution in [0.25, 0.3) is 11.1 Å². The zero-order valence-electron chi connectivity index (χ0n) is 16.7. The molecule has 1 aliphatic carbocycles. The third-order valence-corrected chi connectivity index (χ3v) is 6.68. The predicted molar refractivity (Wildman–Crippen MR) is 124 cm³/mol. The van der Waals surface area contributed by atoms with E-state index in [0.717, 1.165) is 22.3 Å². The number of amides is 1. The number of carbonyl (C=O) groups is 2. The number of ether oxygens (including phenoxy) is 1. The first-order chi connectivity index (χ1) is 15.3. The lowest BCUT2D eigenvalue weighted by molar-refractivity contribution is -0.139. The van der Waals surface area contributed by atoms with E-state index in [9.17, 15) is 19.8 Å². The van der Waals surface area contributed by atoms with Gasteiger partial charge in [-0.1, -0.05) is 60.1 Å². The lowest BCUT2D eigenvalue weighted by atomic mass is 9.98. The number of hydrogen-bond donors (Lipinski definition) is 3. The van der Waals surface area contributed by atoms with Gasteiger partial charge in [0, 0.05) is 16.8 Å². The van der Waals surface area contributed by atoms with Gasteiger partial charge < -0.3 is 20.3 Å². The summed E-state index contributed by atoms with van der Waals surface area (Å²) >= 11 is 9.18. The molecule has 0 aromatic heterocycles. The third-order valence-electron chi connectivity index (χ3n) is 5.48. The van der Waals surface area contributed by atoms with Gasteiger partial charge in [0.2, 0.25) is 0 Å². The lowest BCUT2D eigenvalue weighted by Gasteiger charge is -2.18. The van der Waals surface area contributed by atoms with Crippen molar-refractivity contribution in [3.63, 3.8) is 0 Å². The number of nitrogens with one attached hydrogen (secondary N) is 1. The highest BCUT2D eigenvalue weighted by Gasteiger charge is 2.30. The maximum absolute atomic E-state index is 12.4. The molecule has 0 fully saturated rings. The van der Waals surface area contributed by atoms with E-state index in [2.05, 4.69) is 21.2 Å². The number of benzene rings is 3. The summed E-state index contributed by atoms with van der Waals surface area (Å²) in [6.45, 7) is 0.0734. The van der Waals surface area contributed by atoms with Crippen LogP contribution < -0.4 is 5.32 Å². The molecule has 3 aromatic rings. The first-order valence-electron chi connectivity index (χ1n) is 9.86. The first kappa shape index (κ1) is 22.2. The topological polar surface area (TPSA) is 95.9 Å². The van der Waals surface area contributed by atoms with Crippen LogP contribution in [0.1, 0.15) is 22.6 Å². The molecule has 4 rings (SSSR count). The van der Waals surface area contributed by atoms with E-state index in [1.807, 2.05) is 48.5 Å². The Bertz CT molecular complexity index is 1150. The highest BCUT2D eigenvalue weighted by molar-refractivity contribution is 9.10. The summed E-state index contributed by atoms with van der Waals surface area (Å²) in [6.07, 6.45) is -0.979. The molecule has 0 saturated carbocycles. The molecule has 3 N–H and O–H groups in total. The SMILES string of the molecule is O=C(NC(Cc1cc(Br)c(Cl)cc1O)C(=O)O)OCC1c2ccccc2-c2ccccc21. The van der Waals surface area contributed by atoms with Crippen LogP contribution in [0.15, 0.2) is 65.1 Å². The summed E-state index contributed by atoms with van der Waals surface area (Å²) in [5.41, 5.74) is 4.65. The van der Waals surface area contributed by atoms with Crippen LogP contribution in [0, 0.1) is 0 Å². The Morgan fingerprint density at radius 3 is 2.25 bits per heavy atom. The van der Waals surface area contributed by atoms with Gasteiger partial charge in [0.25, 0.3) is 0 Å². The van der Waals surface area contributed by atoms with Crippen molar-refractivity contribution in [3.8, 4) is 16.9 Å². The highest BCUT2D eigenvalue weighted by Crippen LogP contribution is 2.44. The van der Waals surface area contributed by atoms with Crippen LogP contribution in [0.3, 0.4) is 0 Å².